The van der Waals surface area contributed by atoms with E-state index in [1.165, 1.54) is 48.8 Å². The van der Waals surface area contributed by atoms with Gasteiger partial charge in [0, 0.05) is 0 Å². The van der Waals surface area contributed by atoms with E-state index in [9.17, 15) is 0 Å². The van der Waals surface area contributed by atoms with E-state index in [1.54, 1.807) is 0 Å². The van der Waals surface area contributed by atoms with Crippen molar-refractivity contribution in [2.45, 2.75) is 57.6 Å². The van der Waals surface area contributed by atoms with Gasteiger partial charge in [0.25, 0.3) is 0 Å². The van der Waals surface area contributed by atoms with Crippen LogP contribution in [0.1, 0.15) is 61.1 Å². The maximum absolute atomic E-state index is 6.79. The second-order valence-electron chi connectivity index (χ2n) is 6.10. The van der Waals surface area contributed by atoms with Gasteiger partial charge < -0.3 is 4.74 Å². The van der Waals surface area contributed by atoms with E-state index in [4.69, 9.17) is 16.3 Å². The Kier molecular flexibility index (Phi) is 3.38. The van der Waals surface area contributed by atoms with E-state index >= 15 is 0 Å². The van der Waals surface area contributed by atoms with Gasteiger partial charge in [-0.2, -0.15) is 0 Å². The molecule has 1 heterocycles. The topological polar surface area (TPSA) is 9.23 Å². The number of hydrogen-bond donors (Lipinski definition) is 0. The standard InChI is InChI=1S/C16H21ClO/c1-16(7-3-2-4-8-16)15(17)12-5-6-13-10-18-11-14(13)9-12/h5-6,9,15H,2-4,7-8,10-11H2,1H3. The van der Waals surface area contributed by atoms with Gasteiger partial charge >= 0.3 is 0 Å². The zero-order valence-electron chi connectivity index (χ0n) is 11.0. The second kappa shape index (κ2) is 4.86. The molecule has 0 bridgehead atoms. The first-order chi connectivity index (χ1) is 8.69. The molecule has 1 nitrogen and oxygen atoms in total. The minimum absolute atomic E-state index is 0.142. The number of alkyl halides is 1. The van der Waals surface area contributed by atoms with Crippen molar-refractivity contribution in [2.75, 3.05) is 0 Å². The molecule has 1 atom stereocenters. The lowest BCUT2D eigenvalue weighted by atomic mass is 9.71. The molecular weight excluding hydrogens is 244 g/mol. The van der Waals surface area contributed by atoms with Crippen LogP contribution in [0.5, 0.6) is 0 Å². The normalized spacial score (nSPS) is 23.7. The van der Waals surface area contributed by atoms with Crippen LogP contribution < -0.4 is 0 Å². The number of hydrogen-bond acceptors (Lipinski definition) is 1. The summed E-state index contributed by atoms with van der Waals surface area (Å²) < 4.78 is 5.48. The fourth-order valence-corrected chi connectivity index (χ4v) is 3.72. The predicted molar refractivity (Wildman–Crippen MR) is 74.7 cm³/mol. The first kappa shape index (κ1) is 12.5. The number of halogens is 1. The van der Waals surface area contributed by atoms with Crippen LogP contribution in [0.4, 0.5) is 0 Å². The quantitative estimate of drug-likeness (QED) is 0.686. The average Bonchev–Trinajstić information content (AvgIpc) is 2.86. The van der Waals surface area contributed by atoms with Crippen LogP contribution >= 0.6 is 11.6 Å². The first-order valence-corrected chi connectivity index (χ1v) is 7.46. The van der Waals surface area contributed by atoms with Crippen molar-refractivity contribution < 1.29 is 4.74 Å². The van der Waals surface area contributed by atoms with Crippen molar-refractivity contribution in [1.82, 2.24) is 0 Å². The van der Waals surface area contributed by atoms with E-state index < -0.39 is 0 Å². The Balaban J connectivity index is 1.85. The Morgan fingerprint density at radius 2 is 1.83 bits per heavy atom. The Hall–Kier alpha value is -0.530. The molecule has 0 N–H and O–H groups in total. The van der Waals surface area contributed by atoms with Gasteiger partial charge in [0.2, 0.25) is 0 Å². The van der Waals surface area contributed by atoms with E-state index in [0.717, 1.165) is 13.2 Å². The lowest BCUT2D eigenvalue weighted by molar-refractivity contribution is 0.134. The van der Waals surface area contributed by atoms with Crippen LogP contribution in [0.3, 0.4) is 0 Å². The van der Waals surface area contributed by atoms with Gasteiger partial charge in [-0.3, -0.25) is 0 Å². The highest BCUT2D eigenvalue weighted by Crippen LogP contribution is 2.49. The molecule has 0 amide bonds. The molecule has 1 aromatic carbocycles. The second-order valence-corrected chi connectivity index (χ2v) is 6.53. The van der Waals surface area contributed by atoms with Crippen molar-refractivity contribution in [3.63, 3.8) is 0 Å². The molecule has 0 saturated heterocycles. The average molecular weight is 265 g/mol. The molecule has 1 fully saturated rings. The molecule has 1 unspecified atom stereocenters. The third kappa shape index (κ3) is 2.19. The van der Waals surface area contributed by atoms with E-state index in [-0.39, 0.29) is 10.8 Å². The molecule has 18 heavy (non-hydrogen) atoms. The minimum Gasteiger partial charge on any atom is -0.372 e. The summed E-state index contributed by atoms with van der Waals surface area (Å²) in [5, 5.41) is 0.142. The molecule has 2 aliphatic rings. The van der Waals surface area contributed by atoms with Gasteiger partial charge in [0.05, 0.1) is 18.6 Å². The highest BCUT2D eigenvalue weighted by molar-refractivity contribution is 6.21. The van der Waals surface area contributed by atoms with Gasteiger partial charge in [0.1, 0.15) is 0 Å². The van der Waals surface area contributed by atoms with Gasteiger partial charge in [-0.05, 0) is 34.9 Å². The molecule has 1 saturated carbocycles. The van der Waals surface area contributed by atoms with Crippen molar-refractivity contribution >= 4 is 11.6 Å². The Labute approximate surface area is 114 Å². The molecule has 2 heteroatoms. The van der Waals surface area contributed by atoms with Crippen LogP contribution in [0.2, 0.25) is 0 Å². The molecule has 0 aromatic heterocycles. The smallest absolute Gasteiger partial charge is 0.0725 e. The lowest BCUT2D eigenvalue weighted by Gasteiger charge is -2.38. The van der Waals surface area contributed by atoms with Gasteiger partial charge in [-0.1, -0.05) is 44.4 Å². The minimum atomic E-state index is 0.142. The van der Waals surface area contributed by atoms with E-state index in [1.807, 2.05) is 0 Å². The molecule has 98 valence electrons. The molecule has 0 spiro atoms. The van der Waals surface area contributed by atoms with Crippen molar-refractivity contribution in [1.29, 1.82) is 0 Å². The predicted octanol–water partition coefficient (Wildman–Crippen LogP) is 4.97. The summed E-state index contributed by atoms with van der Waals surface area (Å²) in [5.41, 5.74) is 4.22. The fraction of sp³-hybridized carbons (Fsp3) is 0.625. The Morgan fingerprint density at radius 1 is 1.11 bits per heavy atom. The van der Waals surface area contributed by atoms with Crippen molar-refractivity contribution in [3.8, 4) is 0 Å². The van der Waals surface area contributed by atoms with E-state index in [2.05, 4.69) is 25.1 Å². The maximum atomic E-state index is 6.79. The van der Waals surface area contributed by atoms with Crippen molar-refractivity contribution in [3.05, 3.63) is 34.9 Å². The highest BCUT2D eigenvalue weighted by atomic mass is 35.5. The molecule has 1 aromatic rings. The SMILES string of the molecule is CC1(C(Cl)c2ccc3c(c2)COC3)CCCCC1. The van der Waals surface area contributed by atoms with Crippen LogP contribution in [-0.4, -0.2) is 0 Å². The number of rotatable bonds is 2. The third-order valence-electron chi connectivity index (χ3n) is 4.65. The summed E-state index contributed by atoms with van der Waals surface area (Å²) in [7, 11) is 0. The summed E-state index contributed by atoms with van der Waals surface area (Å²) in [6.45, 7) is 3.87. The summed E-state index contributed by atoms with van der Waals surface area (Å²) >= 11 is 6.79. The molecule has 1 aliphatic heterocycles. The number of ether oxygens (including phenoxy) is 1. The third-order valence-corrected chi connectivity index (χ3v) is 5.42. The first-order valence-electron chi connectivity index (χ1n) is 7.03. The summed E-state index contributed by atoms with van der Waals surface area (Å²) in [5.74, 6) is 0. The van der Waals surface area contributed by atoms with Crippen LogP contribution in [0.15, 0.2) is 18.2 Å². The zero-order chi connectivity index (χ0) is 12.6. The molecule has 1 aliphatic carbocycles. The van der Waals surface area contributed by atoms with Gasteiger partial charge in [-0.25, -0.2) is 0 Å². The maximum Gasteiger partial charge on any atom is 0.0725 e. The molecule has 0 radical (unpaired) electrons. The number of fused-ring (bicyclic) bond motifs is 1. The Morgan fingerprint density at radius 3 is 2.61 bits per heavy atom. The van der Waals surface area contributed by atoms with Crippen LogP contribution in [0, 0.1) is 5.41 Å². The highest BCUT2D eigenvalue weighted by Gasteiger charge is 2.35. The molecule has 3 rings (SSSR count). The lowest BCUT2D eigenvalue weighted by Crippen LogP contribution is -2.25. The molecular formula is C16H21ClO. The zero-order valence-corrected chi connectivity index (χ0v) is 11.8. The van der Waals surface area contributed by atoms with Gasteiger partial charge in [0.15, 0.2) is 0 Å². The largest absolute Gasteiger partial charge is 0.372 e. The van der Waals surface area contributed by atoms with Gasteiger partial charge in [-0.15, -0.1) is 11.6 Å². The van der Waals surface area contributed by atoms with Crippen LogP contribution in [0.25, 0.3) is 0 Å². The summed E-state index contributed by atoms with van der Waals surface area (Å²) in [4.78, 5) is 0. The monoisotopic (exact) mass is 264 g/mol. The van der Waals surface area contributed by atoms with Crippen LogP contribution in [-0.2, 0) is 18.0 Å². The summed E-state index contributed by atoms with van der Waals surface area (Å²) in [6.07, 6.45) is 6.54. The number of benzene rings is 1. The summed E-state index contributed by atoms with van der Waals surface area (Å²) in [6, 6.07) is 6.66. The van der Waals surface area contributed by atoms with Crippen molar-refractivity contribution in [2.24, 2.45) is 5.41 Å². The fourth-order valence-electron chi connectivity index (χ4n) is 3.36. The van der Waals surface area contributed by atoms with E-state index in [0.29, 0.717) is 0 Å². The Bertz CT molecular complexity index is 435.